The fourth-order valence-electron chi connectivity index (χ4n) is 7.10. The van der Waals surface area contributed by atoms with E-state index in [4.69, 9.17) is 18.9 Å². The second-order valence-electron chi connectivity index (χ2n) is 12.9. The Kier molecular flexibility index (Phi) is 9.56. The van der Waals surface area contributed by atoms with Crippen molar-refractivity contribution in [3.05, 3.63) is 75.0 Å². The number of nitrogens with zero attached hydrogens (tertiary/aromatic N) is 1. The topological polar surface area (TPSA) is 127 Å². The molecule has 3 aromatic rings. The Hall–Kier alpha value is -4.13. The van der Waals surface area contributed by atoms with E-state index in [0.717, 1.165) is 43.5 Å². The van der Waals surface area contributed by atoms with Crippen molar-refractivity contribution in [1.29, 1.82) is 0 Å². The average Bonchev–Trinajstić information content (AvgIpc) is 3.56. The maximum absolute atomic E-state index is 14.0. The number of nitrogens with one attached hydrogen (secondary N) is 3. The number of carbonyl (C=O) groups excluding carboxylic acids is 3. The van der Waals surface area contributed by atoms with Gasteiger partial charge in [-0.2, -0.15) is 0 Å². The molecule has 0 unspecified atom stereocenters. The number of likely N-dealkylation sites (tertiary alicyclic amines) is 1. The zero-order valence-electron chi connectivity index (χ0n) is 27.2. The number of rotatable bonds is 2. The van der Waals surface area contributed by atoms with E-state index in [1.807, 2.05) is 41.3 Å². The lowest BCUT2D eigenvalue weighted by Gasteiger charge is -2.40. The summed E-state index contributed by atoms with van der Waals surface area (Å²) in [6, 6.07) is 14.6. The van der Waals surface area contributed by atoms with E-state index in [-0.39, 0.29) is 36.0 Å². The lowest BCUT2D eigenvalue weighted by atomic mass is 9.83. The van der Waals surface area contributed by atoms with Crippen LogP contribution in [0.4, 0.5) is 0 Å². The molecule has 7 aliphatic heterocycles. The molecule has 0 saturated carbocycles. The number of fused-ring (bicyclic) bond motifs is 2. The summed E-state index contributed by atoms with van der Waals surface area (Å²) in [7, 11) is 1.54. The van der Waals surface area contributed by atoms with Crippen LogP contribution in [-0.2, 0) is 39.3 Å². The van der Waals surface area contributed by atoms with Crippen LogP contribution in [0.15, 0.2) is 48.5 Å². The molecule has 2 atom stereocenters. The second-order valence-corrected chi connectivity index (χ2v) is 14.0. The first-order valence-electron chi connectivity index (χ1n) is 16.8. The summed E-state index contributed by atoms with van der Waals surface area (Å²) in [6.07, 6.45) is 3.64. The number of piperidine rings is 2. The van der Waals surface area contributed by atoms with Crippen LogP contribution in [0.1, 0.15) is 56.9 Å². The van der Waals surface area contributed by atoms with E-state index in [0.29, 0.717) is 67.6 Å². The minimum atomic E-state index is -0.471. The fourth-order valence-corrected chi connectivity index (χ4v) is 8.30. The molecule has 10 rings (SSSR count). The van der Waals surface area contributed by atoms with Gasteiger partial charge in [0.05, 0.1) is 30.2 Å². The van der Waals surface area contributed by atoms with E-state index in [1.165, 1.54) is 10.4 Å². The van der Waals surface area contributed by atoms with Crippen LogP contribution in [0.5, 0.6) is 17.2 Å². The third-order valence-electron chi connectivity index (χ3n) is 9.74. The number of aryl methyl sites for hydroxylation is 1. The maximum Gasteiger partial charge on any atom is 0.264 e. The summed E-state index contributed by atoms with van der Waals surface area (Å²) in [6.45, 7) is 3.43. The van der Waals surface area contributed by atoms with Gasteiger partial charge in [0.25, 0.3) is 11.8 Å². The summed E-state index contributed by atoms with van der Waals surface area (Å²) in [5.41, 5.74) is 2.73. The highest BCUT2D eigenvalue weighted by Gasteiger charge is 2.42. The van der Waals surface area contributed by atoms with E-state index in [9.17, 15) is 14.4 Å². The molecule has 4 bridgehead atoms. The van der Waals surface area contributed by atoms with Crippen LogP contribution >= 0.6 is 11.3 Å². The summed E-state index contributed by atoms with van der Waals surface area (Å²) in [5.74, 6) is 1.16. The van der Waals surface area contributed by atoms with Gasteiger partial charge in [-0.15, -0.1) is 11.3 Å². The predicted molar refractivity (Wildman–Crippen MR) is 180 cm³/mol. The van der Waals surface area contributed by atoms with Crippen LogP contribution in [0.3, 0.4) is 0 Å². The summed E-state index contributed by atoms with van der Waals surface area (Å²) < 4.78 is 24.2. The molecule has 48 heavy (non-hydrogen) atoms. The number of ether oxygens (including phenoxy) is 4. The van der Waals surface area contributed by atoms with Gasteiger partial charge in [0.15, 0.2) is 18.1 Å². The molecule has 7 aliphatic rings. The van der Waals surface area contributed by atoms with E-state index < -0.39 is 6.04 Å². The number of amides is 3. The van der Waals surface area contributed by atoms with Gasteiger partial charge >= 0.3 is 0 Å². The molecule has 1 spiro atoms. The number of carbonyl (C=O) groups is 3. The Morgan fingerprint density at radius 1 is 1.00 bits per heavy atom. The van der Waals surface area contributed by atoms with Crippen molar-refractivity contribution >= 4 is 29.1 Å². The molecule has 11 nitrogen and oxygen atoms in total. The number of hydrogen-bond donors (Lipinski definition) is 3. The highest BCUT2D eigenvalue weighted by Crippen LogP contribution is 2.44. The molecule has 2 aromatic carbocycles. The molecule has 3 amide bonds. The molecule has 3 N–H and O–H groups in total. The van der Waals surface area contributed by atoms with Gasteiger partial charge in [-0.05, 0) is 79.4 Å². The van der Waals surface area contributed by atoms with Crippen LogP contribution < -0.4 is 30.2 Å². The highest BCUT2D eigenvalue weighted by molar-refractivity contribution is 7.14. The van der Waals surface area contributed by atoms with Crippen LogP contribution in [0.2, 0.25) is 0 Å². The van der Waals surface area contributed by atoms with Gasteiger partial charge in [0, 0.05) is 43.8 Å². The molecule has 254 valence electrons. The van der Waals surface area contributed by atoms with E-state index >= 15 is 0 Å². The fraction of sp³-hybridized carbons (Fsp3) is 0.472. The van der Waals surface area contributed by atoms with Crippen LogP contribution in [0, 0.1) is 0 Å². The standard InChI is InChI=1S/C36H42N4O7S/c1-44-30-18-23-4-8-29(30)45-22-34(42)39-27-21-40(16-10-28(27)47-25-6-2-24(3-7-25)20-38-33(41)9-5-23)35(43)32-19-26-31(48-32)11-17-46-36(26)12-14-37-15-13-36/h2-4,6-8,18-19,27-28,37H,5,9-17,20-22H2,1H3,(H,38,41)(H,39,42)/t27-,28-/m1/s1. The van der Waals surface area contributed by atoms with Crippen LogP contribution in [-0.4, -0.2) is 81.3 Å². The molecule has 2 saturated heterocycles. The summed E-state index contributed by atoms with van der Waals surface area (Å²) in [4.78, 5) is 43.7. The Morgan fingerprint density at radius 3 is 2.62 bits per heavy atom. The van der Waals surface area contributed by atoms with Gasteiger partial charge in [0.2, 0.25) is 5.91 Å². The van der Waals surface area contributed by atoms with Crippen molar-refractivity contribution in [2.75, 3.05) is 46.5 Å². The van der Waals surface area contributed by atoms with Crippen molar-refractivity contribution < 1.29 is 33.3 Å². The van der Waals surface area contributed by atoms with Crippen molar-refractivity contribution in [3.8, 4) is 17.2 Å². The Labute approximate surface area is 284 Å². The molecule has 1 aromatic heterocycles. The maximum atomic E-state index is 14.0. The first kappa shape index (κ1) is 32.4. The smallest absolute Gasteiger partial charge is 0.264 e. The Balaban J connectivity index is 1.11. The first-order valence-corrected chi connectivity index (χ1v) is 17.6. The molecular weight excluding hydrogens is 632 g/mol. The summed E-state index contributed by atoms with van der Waals surface area (Å²) in [5, 5.41) is 9.51. The van der Waals surface area contributed by atoms with E-state index in [2.05, 4.69) is 22.0 Å². The van der Waals surface area contributed by atoms with Gasteiger partial charge in [-0.3, -0.25) is 14.4 Å². The zero-order valence-corrected chi connectivity index (χ0v) is 28.0. The normalized spacial score (nSPS) is 22.8. The average molecular weight is 675 g/mol. The van der Waals surface area contributed by atoms with Gasteiger partial charge in [-0.1, -0.05) is 18.2 Å². The highest BCUT2D eigenvalue weighted by atomic mass is 32.1. The lowest BCUT2D eigenvalue weighted by molar-refractivity contribution is -0.125. The van der Waals surface area contributed by atoms with Crippen molar-refractivity contribution in [1.82, 2.24) is 20.9 Å². The third kappa shape index (κ3) is 7.01. The van der Waals surface area contributed by atoms with Gasteiger partial charge in [0.1, 0.15) is 11.9 Å². The Morgan fingerprint density at radius 2 is 1.81 bits per heavy atom. The zero-order chi connectivity index (χ0) is 33.1. The molecule has 0 aliphatic carbocycles. The van der Waals surface area contributed by atoms with Crippen molar-refractivity contribution in [2.24, 2.45) is 0 Å². The largest absolute Gasteiger partial charge is 0.493 e. The number of methoxy groups -OCH3 is 1. The molecule has 8 heterocycles. The molecular formula is C36H42N4O7S. The quantitative estimate of drug-likeness (QED) is 0.378. The third-order valence-corrected chi connectivity index (χ3v) is 10.9. The minimum Gasteiger partial charge on any atom is -0.493 e. The number of benzene rings is 2. The number of thiophene rings is 1. The first-order chi connectivity index (χ1) is 23.4. The van der Waals surface area contributed by atoms with Gasteiger partial charge in [-0.25, -0.2) is 0 Å². The Bertz CT molecular complexity index is 1650. The molecule has 2 fully saturated rings. The predicted octanol–water partition coefficient (Wildman–Crippen LogP) is 3.33. The van der Waals surface area contributed by atoms with Crippen molar-refractivity contribution in [3.63, 3.8) is 0 Å². The van der Waals surface area contributed by atoms with Gasteiger partial charge < -0.3 is 39.8 Å². The second kappa shape index (κ2) is 14.2. The van der Waals surface area contributed by atoms with Crippen molar-refractivity contribution in [2.45, 2.75) is 62.8 Å². The van der Waals surface area contributed by atoms with Crippen LogP contribution in [0.25, 0.3) is 0 Å². The SMILES string of the molecule is COc1cc2ccc1OCC(=O)N[C@@H]1CN(C(=O)c3cc4c(s3)CCOC43CCNCC3)CC[C@H]1Oc1ccc(cc1)CNC(=O)CC2. The van der Waals surface area contributed by atoms with E-state index in [1.54, 1.807) is 24.5 Å². The monoisotopic (exact) mass is 674 g/mol. The molecule has 0 radical (unpaired) electrons. The summed E-state index contributed by atoms with van der Waals surface area (Å²) >= 11 is 1.58. The molecule has 12 heteroatoms. The number of hydrogen-bond acceptors (Lipinski definition) is 9. The lowest BCUT2D eigenvalue weighted by Crippen LogP contribution is -2.58. The minimum absolute atomic E-state index is 0.0369.